The molecule has 0 amide bonds. The molecule has 15 heavy (non-hydrogen) atoms. The van der Waals surface area contributed by atoms with E-state index in [4.69, 9.17) is 10.8 Å². The quantitative estimate of drug-likeness (QED) is 0.761. The monoisotopic (exact) mass is 229 g/mol. The fourth-order valence-corrected chi connectivity index (χ4v) is 2.60. The lowest BCUT2D eigenvalue weighted by Gasteiger charge is -2.17. The predicted molar refractivity (Wildman–Crippen MR) is 63.8 cm³/mol. The second-order valence-electron chi connectivity index (χ2n) is 3.63. The summed E-state index contributed by atoms with van der Waals surface area (Å²) in [6.45, 7) is 2.95. The molecule has 0 spiro atoms. The van der Waals surface area contributed by atoms with E-state index in [1.807, 2.05) is 19.4 Å². The van der Waals surface area contributed by atoms with Crippen LogP contribution in [-0.4, -0.2) is 33.3 Å². The van der Waals surface area contributed by atoms with Crippen molar-refractivity contribution in [3.63, 3.8) is 0 Å². The van der Waals surface area contributed by atoms with Gasteiger partial charge in [-0.25, -0.2) is 0 Å². The molecule has 0 aliphatic carbocycles. The normalized spacial score (nSPS) is 15.2. The van der Waals surface area contributed by atoms with E-state index in [1.54, 1.807) is 16.4 Å². The number of thioether (sulfide) groups is 1. The zero-order chi connectivity index (χ0) is 11.3. The van der Waals surface area contributed by atoms with Gasteiger partial charge >= 0.3 is 0 Å². The first-order valence-electron chi connectivity index (χ1n) is 5.12. The molecule has 1 rings (SSSR count). The van der Waals surface area contributed by atoms with Crippen LogP contribution >= 0.6 is 11.8 Å². The van der Waals surface area contributed by atoms with E-state index in [9.17, 15) is 0 Å². The summed E-state index contributed by atoms with van der Waals surface area (Å²) in [7, 11) is 1.90. The molecule has 1 aromatic rings. The number of rotatable bonds is 6. The highest BCUT2D eigenvalue weighted by Crippen LogP contribution is 2.32. The standard InChI is InChI=1S/C10H19N3OS/c1-8(3-4-14)15-10(5-11)9-6-12-13(2)7-9/h6-8,10,14H,3-5,11H2,1-2H3. The van der Waals surface area contributed by atoms with Gasteiger partial charge in [-0.2, -0.15) is 5.10 Å². The van der Waals surface area contributed by atoms with Crippen LogP contribution in [0.1, 0.15) is 24.2 Å². The van der Waals surface area contributed by atoms with Gasteiger partial charge in [0.25, 0.3) is 0 Å². The van der Waals surface area contributed by atoms with Gasteiger partial charge in [0, 0.05) is 42.5 Å². The Balaban J connectivity index is 2.56. The summed E-state index contributed by atoms with van der Waals surface area (Å²) in [5, 5.41) is 13.7. The molecule has 0 saturated carbocycles. The Morgan fingerprint density at radius 2 is 2.40 bits per heavy atom. The van der Waals surface area contributed by atoms with Crippen LogP contribution in [0.2, 0.25) is 0 Å². The lowest BCUT2D eigenvalue weighted by Crippen LogP contribution is -2.13. The van der Waals surface area contributed by atoms with E-state index in [-0.39, 0.29) is 11.9 Å². The van der Waals surface area contributed by atoms with E-state index in [1.165, 1.54) is 0 Å². The van der Waals surface area contributed by atoms with Crippen molar-refractivity contribution in [1.82, 2.24) is 9.78 Å². The molecule has 2 atom stereocenters. The minimum atomic E-state index is 0.235. The van der Waals surface area contributed by atoms with Crippen LogP contribution < -0.4 is 5.73 Å². The molecule has 0 aromatic carbocycles. The maximum Gasteiger partial charge on any atom is 0.0533 e. The summed E-state index contributed by atoms with van der Waals surface area (Å²) < 4.78 is 1.79. The number of hydrogen-bond acceptors (Lipinski definition) is 4. The van der Waals surface area contributed by atoms with Gasteiger partial charge in [0.15, 0.2) is 0 Å². The molecule has 4 nitrogen and oxygen atoms in total. The Morgan fingerprint density at radius 3 is 2.87 bits per heavy atom. The number of hydrogen-bond donors (Lipinski definition) is 2. The lowest BCUT2D eigenvalue weighted by atomic mass is 10.2. The molecule has 1 heterocycles. The molecular weight excluding hydrogens is 210 g/mol. The highest BCUT2D eigenvalue weighted by atomic mass is 32.2. The number of aryl methyl sites for hydroxylation is 1. The summed E-state index contributed by atoms with van der Waals surface area (Å²) in [5.74, 6) is 0. The van der Waals surface area contributed by atoms with E-state index in [0.29, 0.717) is 11.8 Å². The molecule has 0 aliphatic heterocycles. The number of nitrogens with two attached hydrogens (primary N) is 1. The maximum atomic E-state index is 8.84. The van der Waals surface area contributed by atoms with Crippen LogP contribution in [0, 0.1) is 0 Å². The molecule has 0 radical (unpaired) electrons. The van der Waals surface area contributed by atoms with Crippen LogP contribution in [0.4, 0.5) is 0 Å². The Hall–Kier alpha value is -0.520. The third-order valence-electron chi connectivity index (χ3n) is 2.24. The van der Waals surface area contributed by atoms with Crippen molar-refractivity contribution in [3.8, 4) is 0 Å². The molecule has 2 unspecified atom stereocenters. The van der Waals surface area contributed by atoms with Gasteiger partial charge < -0.3 is 10.8 Å². The minimum absolute atomic E-state index is 0.235. The Morgan fingerprint density at radius 1 is 1.67 bits per heavy atom. The first-order chi connectivity index (χ1) is 7.17. The van der Waals surface area contributed by atoms with Gasteiger partial charge in [0.05, 0.1) is 6.20 Å². The topological polar surface area (TPSA) is 64.1 Å². The maximum absolute atomic E-state index is 8.84. The largest absolute Gasteiger partial charge is 0.396 e. The van der Waals surface area contributed by atoms with Crippen molar-refractivity contribution < 1.29 is 5.11 Å². The predicted octanol–water partition coefficient (Wildman–Crippen LogP) is 0.924. The van der Waals surface area contributed by atoms with Crippen molar-refractivity contribution in [2.24, 2.45) is 12.8 Å². The van der Waals surface area contributed by atoms with Crippen LogP contribution in [0.15, 0.2) is 12.4 Å². The molecule has 0 aliphatic rings. The molecule has 86 valence electrons. The zero-order valence-electron chi connectivity index (χ0n) is 9.26. The highest BCUT2D eigenvalue weighted by molar-refractivity contribution is 8.00. The minimum Gasteiger partial charge on any atom is -0.396 e. The second kappa shape index (κ2) is 6.15. The average molecular weight is 229 g/mol. The lowest BCUT2D eigenvalue weighted by molar-refractivity contribution is 0.289. The van der Waals surface area contributed by atoms with Gasteiger partial charge in [-0.1, -0.05) is 6.92 Å². The third kappa shape index (κ3) is 3.85. The van der Waals surface area contributed by atoms with Crippen molar-refractivity contribution in [1.29, 1.82) is 0 Å². The van der Waals surface area contributed by atoms with E-state index >= 15 is 0 Å². The van der Waals surface area contributed by atoms with Crippen LogP contribution in [0.25, 0.3) is 0 Å². The Labute approximate surface area is 94.9 Å². The van der Waals surface area contributed by atoms with Gasteiger partial charge in [-0.15, -0.1) is 11.8 Å². The van der Waals surface area contributed by atoms with Crippen molar-refractivity contribution >= 4 is 11.8 Å². The van der Waals surface area contributed by atoms with Gasteiger partial charge in [-0.05, 0) is 6.42 Å². The Kier molecular flexibility index (Phi) is 5.14. The van der Waals surface area contributed by atoms with E-state index in [0.717, 1.165) is 12.0 Å². The first kappa shape index (κ1) is 12.5. The second-order valence-corrected chi connectivity index (χ2v) is 5.28. The summed E-state index contributed by atoms with van der Waals surface area (Å²) in [5.41, 5.74) is 6.90. The Bertz CT molecular complexity index is 290. The molecule has 0 bridgehead atoms. The molecule has 5 heteroatoms. The van der Waals surface area contributed by atoms with Crippen molar-refractivity contribution in [2.75, 3.05) is 13.2 Å². The molecule has 0 saturated heterocycles. The number of nitrogens with zero attached hydrogens (tertiary/aromatic N) is 2. The zero-order valence-corrected chi connectivity index (χ0v) is 10.1. The third-order valence-corrected chi connectivity index (χ3v) is 3.74. The molecule has 1 aromatic heterocycles. The summed E-state index contributed by atoms with van der Waals surface area (Å²) in [6.07, 6.45) is 4.66. The number of aliphatic hydroxyl groups excluding tert-OH is 1. The smallest absolute Gasteiger partial charge is 0.0533 e. The van der Waals surface area contributed by atoms with Crippen molar-refractivity contribution in [2.45, 2.75) is 23.8 Å². The number of aromatic nitrogens is 2. The molecule has 0 fully saturated rings. The summed E-state index contributed by atoms with van der Waals surface area (Å²) in [4.78, 5) is 0. The fourth-order valence-electron chi connectivity index (χ4n) is 1.41. The highest BCUT2D eigenvalue weighted by Gasteiger charge is 2.15. The van der Waals surface area contributed by atoms with Gasteiger partial charge in [0.1, 0.15) is 0 Å². The fraction of sp³-hybridized carbons (Fsp3) is 0.700. The van der Waals surface area contributed by atoms with Crippen LogP contribution in [0.3, 0.4) is 0 Å². The average Bonchev–Trinajstić information content (AvgIpc) is 2.61. The SMILES string of the molecule is CC(CCO)SC(CN)c1cnn(C)c1. The number of aliphatic hydroxyl groups is 1. The van der Waals surface area contributed by atoms with Crippen LogP contribution in [0.5, 0.6) is 0 Å². The molecule has 3 N–H and O–H groups in total. The summed E-state index contributed by atoms with van der Waals surface area (Å²) >= 11 is 1.80. The van der Waals surface area contributed by atoms with Crippen molar-refractivity contribution in [3.05, 3.63) is 18.0 Å². The van der Waals surface area contributed by atoms with E-state index in [2.05, 4.69) is 12.0 Å². The van der Waals surface area contributed by atoms with Crippen LogP contribution in [-0.2, 0) is 7.05 Å². The first-order valence-corrected chi connectivity index (χ1v) is 6.06. The summed E-state index contributed by atoms with van der Waals surface area (Å²) in [6, 6.07) is 0. The van der Waals surface area contributed by atoms with E-state index < -0.39 is 0 Å². The van der Waals surface area contributed by atoms with Gasteiger partial charge in [-0.3, -0.25) is 4.68 Å². The molecular formula is C10H19N3OS. The van der Waals surface area contributed by atoms with Gasteiger partial charge in [0.2, 0.25) is 0 Å².